The molecule has 0 aromatic rings. The van der Waals surface area contributed by atoms with Crippen LogP contribution in [0.5, 0.6) is 0 Å². The van der Waals surface area contributed by atoms with Gasteiger partial charge in [-0.15, -0.1) is 0 Å². The minimum absolute atomic E-state index is 0.0348. The number of esters is 1. The lowest BCUT2D eigenvalue weighted by Gasteiger charge is -2.38. The molecule has 138 valence electrons. The summed E-state index contributed by atoms with van der Waals surface area (Å²) in [5.41, 5.74) is -0.999. The molecule has 0 aromatic heterocycles. The zero-order valence-electron chi connectivity index (χ0n) is 16.5. The van der Waals surface area contributed by atoms with Crippen molar-refractivity contribution >= 4 is 20.1 Å². The molecule has 0 spiro atoms. The number of hydrogen-bond donors (Lipinski definition) is 0. The van der Waals surface area contributed by atoms with Crippen LogP contribution in [0.3, 0.4) is 0 Å². The minimum atomic E-state index is -1.94. The first kappa shape index (κ1) is 20.9. The number of rotatable bonds is 6. The summed E-state index contributed by atoms with van der Waals surface area (Å²) in [6.45, 7) is 18.1. The lowest BCUT2D eigenvalue weighted by Crippen LogP contribution is -2.43. The highest BCUT2D eigenvalue weighted by Gasteiger charge is 2.46. The molecular weight excluding hydrogens is 324 g/mol. The minimum Gasteiger partial charge on any atom is -0.483 e. The second kappa shape index (κ2) is 7.00. The van der Waals surface area contributed by atoms with E-state index in [1.807, 2.05) is 6.92 Å². The summed E-state index contributed by atoms with van der Waals surface area (Å²) in [5, 5.41) is 0.0885. The molecule has 0 bridgehead atoms. The van der Waals surface area contributed by atoms with Crippen molar-refractivity contribution in [1.82, 2.24) is 0 Å². The Labute approximate surface area is 146 Å². The summed E-state index contributed by atoms with van der Waals surface area (Å²) < 4.78 is 17.1. The molecule has 0 saturated carbocycles. The van der Waals surface area contributed by atoms with E-state index in [0.717, 1.165) is 0 Å². The molecule has 1 atom stereocenters. The third kappa shape index (κ3) is 4.48. The van der Waals surface area contributed by atoms with E-state index in [1.165, 1.54) is 0 Å². The molecule has 1 aliphatic heterocycles. The second-order valence-electron chi connectivity index (χ2n) is 8.35. The molecular formula is C18H32O5Si. The predicted molar refractivity (Wildman–Crippen MR) is 96.2 cm³/mol. The molecule has 0 unspecified atom stereocenters. The van der Waals surface area contributed by atoms with Gasteiger partial charge in [0, 0.05) is 12.5 Å². The highest BCUT2D eigenvalue weighted by Crippen LogP contribution is 2.39. The van der Waals surface area contributed by atoms with Gasteiger partial charge in [-0.1, -0.05) is 20.8 Å². The lowest BCUT2D eigenvalue weighted by atomic mass is 9.98. The molecule has 24 heavy (non-hydrogen) atoms. The van der Waals surface area contributed by atoms with E-state index in [1.54, 1.807) is 20.8 Å². The highest BCUT2D eigenvalue weighted by molar-refractivity contribution is 6.74. The molecule has 0 aliphatic carbocycles. The largest absolute Gasteiger partial charge is 0.483 e. The summed E-state index contributed by atoms with van der Waals surface area (Å²) >= 11 is 0. The van der Waals surface area contributed by atoms with E-state index >= 15 is 0 Å². The molecule has 1 rings (SSSR count). The van der Waals surface area contributed by atoms with Crippen molar-refractivity contribution in [1.29, 1.82) is 0 Å². The van der Waals surface area contributed by atoms with Crippen molar-refractivity contribution < 1.29 is 23.5 Å². The van der Waals surface area contributed by atoms with Crippen LogP contribution in [0.1, 0.15) is 54.9 Å². The molecule has 5 nitrogen and oxygen atoms in total. The summed E-state index contributed by atoms with van der Waals surface area (Å²) in [6.07, 6.45) is 0.238. The van der Waals surface area contributed by atoms with E-state index in [4.69, 9.17) is 13.9 Å². The maximum atomic E-state index is 12.5. The number of ketones is 1. The number of Topliss-reactive ketones (excluding diaryl/α,β-unsaturated/α-hetero) is 1. The Kier molecular flexibility index (Phi) is 6.10. The zero-order valence-corrected chi connectivity index (χ0v) is 17.5. The molecule has 0 aromatic carbocycles. The van der Waals surface area contributed by atoms with Crippen molar-refractivity contribution in [2.75, 3.05) is 6.61 Å². The van der Waals surface area contributed by atoms with E-state index < -0.39 is 19.9 Å². The monoisotopic (exact) mass is 356 g/mol. The second-order valence-corrected chi connectivity index (χ2v) is 13.1. The van der Waals surface area contributed by atoms with Crippen LogP contribution in [0.15, 0.2) is 11.3 Å². The highest BCUT2D eigenvalue weighted by atomic mass is 28.4. The van der Waals surface area contributed by atoms with Crippen LogP contribution in [0.2, 0.25) is 18.1 Å². The number of carbonyl (C=O) groups excluding carboxylic acids is 2. The van der Waals surface area contributed by atoms with Crippen LogP contribution in [-0.2, 0) is 23.5 Å². The SMILES string of the molecule is CCOC(=O)C1=C(C[C@@H](C)O[Si](C)(C)C(C)(C)C)OC(C)(C)C1=O. The Morgan fingerprint density at radius 1 is 1.29 bits per heavy atom. The van der Waals surface area contributed by atoms with E-state index in [2.05, 4.69) is 33.9 Å². The molecule has 1 aliphatic rings. The molecule has 0 radical (unpaired) electrons. The maximum Gasteiger partial charge on any atom is 0.345 e. The number of carbonyl (C=O) groups is 2. The topological polar surface area (TPSA) is 61.8 Å². The maximum absolute atomic E-state index is 12.5. The fraction of sp³-hybridized carbons (Fsp3) is 0.778. The quantitative estimate of drug-likeness (QED) is 0.409. The van der Waals surface area contributed by atoms with Gasteiger partial charge in [0.1, 0.15) is 11.3 Å². The Hall–Kier alpha value is -1.14. The van der Waals surface area contributed by atoms with Gasteiger partial charge in [-0.3, -0.25) is 4.79 Å². The van der Waals surface area contributed by atoms with Crippen molar-refractivity contribution in [2.45, 2.75) is 84.7 Å². The van der Waals surface area contributed by atoms with Crippen LogP contribution in [-0.4, -0.2) is 38.4 Å². The smallest absolute Gasteiger partial charge is 0.345 e. The van der Waals surface area contributed by atoms with Gasteiger partial charge in [0.2, 0.25) is 5.78 Å². The van der Waals surface area contributed by atoms with Gasteiger partial charge in [-0.05, 0) is 45.8 Å². The molecule has 0 saturated heterocycles. The first-order chi connectivity index (χ1) is 10.7. The first-order valence-corrected chi connectivity index (χ1v) is 11.5. The van der Waals surface area contributed by atoms with Gasteiger partial charge >= 0.3 is 5.97 Å². The van der Waals surface area contributed by atoms with Gasteiger partial charge in [0.25, 0.3) is 0 Å². The third-order valence-electron chi connectivity index (χ3n) is 4.69. The number of hydrogen-bond acceptors (Lipinski definition) is 5. The van der Waals surface area contributed by atoms with E-state index in [9.17, 15) is 9.59 Å². The Morgan fingerprint density at radius 2 is 1.83 bits per heavy atom. The lowest BCUT2D eigenvalue weighted by molar-refractivity contribution is -0.140. The van der Waals surface area contributed by atoms with Crippen molar-refractivity contribution in [3.05, 3.63) is 11.3 Å². The van der Waals surface area contributed by atoms with Crippen LogP contribution in [0.25, 0.3) is 0 Å². The molecule has 0 N–H and O–H groups in total. The van der Waals surface area contributed by atoms with Crippen LogP contribution in [0.4, 0.5) is 0 Å². The molecule has 0 amide bonds. The molecule has 0 fully saturated rings. The Bertz CT molecular complexity index is 540. The average molecular weight is 357 g/mol. The standard InChI is InChI=1S/C18H32O5Si/c1-10-21-16(20)14-13(22-18(6,7)15(14)19)11-12(2)23-24(8,9)17(3,4)5/h12H,10-11H2,1-9H3/t12-/m1/s1. The Morgan fingerprint density at radius 3 is 2.29 bits per heavy atom. The summed E-state index contributed by atoms with van der Waals surface area (Å²) in [4.78, 5) is 24.6. The van der Waals surface area contributed by atoms with Crippen molar-refractivity contribution in [3.63, 3.8) is 0 Å². The van der Waals surface area contributed by atoms with Crippen LogP contribution < -0.4 is 0 Å². The van der Waals surface area contributed by atoms with Crippen LogP contribution >= 0.6 is 0 Å². The van der Waals surface area contributed by atoms with E-state index in [0.29, 0.717) is 12.2 Å². The molecule has 1 heterocycles. The normalized spacial score (nSPS) is 19.3. The first-order valence-electron chi connectivity index (χ1n) is 8.55. The fourth-order valence-electron chi connectivity index (χ4n) is 2.37. The molecule has 6 heteroatoms. The average Bonchev–Trinajstić information content (AvgIpc) is 2.57. The summed E-state index contributed by atoms with van der Waals surface area (Å²) in [5.74, 6) is -0.548. The van der Waals surface area contributed by atoms with Gasteiger partial charge in [0.15, 0.2) is 13.9 Å². The van der Waals surface area contributed by atoms with Crippen molar-refractivity contribution in [3.8, 4) is 0 Å². The predicted octanol–water partition coefficient (Wildman–Crippen LogP) is 3.98. The summed E-state index contributed by atoms with van der Waals surface area (Å²) in [7, 11) is -1.94. The van der Waals surface area contributed by atoms with E-state index in [-0.39, 0.29) is 29.1 Å². The van der Waals surface area contributed by atoms with Gasteiger partial charge in [-0.25, -0.2) is 4.79 Å². The fourth-order valence-corrected chi connectivity index (χ4v) is 3.81. The van der Waals surface area contributed by atoms with Gasteiger partial charge in [-0.2, -0.15) is 0 Å². The zero-order chi connectivity index (χ0) is 18.9. The third-order valence-corrected chi connectivity index (χ3v) is 9.29. The summed E-state index contributed by atoms with van der Waals surface area (Å²) in [6, 6.07) is 0. The van der Waals surface area contributed by atoms with Crippen LogP contribution in [0, 0.1) is 0 Å². The Balaban J connectivity index is 3.00. The van der Waals surface area contributed by atoms with Gasteiger partial charge < -0.3 is 13.9 Å². The number of ether oxygens (including phenoxy) is 2. The van der Waals surface area contributed by atoms with Crippen molar-refractivity contribution in [2.24, 2.45) is 0 Å². The van der Waals surface area contributed by atoms with Gasteiger partial charge in [0.05, 0.1) is 6.61 Å².